The van der Waals surface area contributed by atoms with Crippen LogP contribution >= 0.6 is 27.3 Å². The molecule has 25 heavy (non-hydrogen) atoms. The van der Waals surface area contributed by atoms with Crippen molar-refractivity contribution >= 4 is 32.4 Å². The van der Waals surface area contributed by atoms with Crippen LogP contribution in [0.25, 0.3) is 10.6 Å². The summed E-state index contributed by atoms with van der Waals surface area (Å²) in [6.07, 6.45) is 7.95. The van der Waals surface area contributed by atoms with E-state index >= 15 is 0 Å². The Morgan fingerprint density at radius 3 is 2.56 bits per heavy atom. The molecule has 1 aliphatic carbocycles. The lowest BCUT2D eigenvalue weighted by molar-refractivity contribution is -0.0194. The maximum atomic E-state index is 14.0. The Morgan fingerprint density at radius 2 is 1.80 bits per heavy atom. The largest absolute Gasteiger partial charge is 0.375 e. The van der Waals surface area contributed by atoms with Gasteiger partial charge in [-0.3, -0.25) is 0 Å². The molecule has 0 atom stereocenters. The quantitative estimate of drug-likeness (QED) is 0.687. The van der Waals surface area contributed by atoms with Gasteiger partial charge in [0, 0.05) is 23.1 Å². The average molecular weight is 426 g/mol. The van der Waals surface area contributed by atoms with E-state index in [-0.39, 0.29) is 5.82 Å². The van der Waals surface area contributed by atoms with E-state index in [1.807, 2.05) is 0 Å². The van der Waals surface area contributed by atoms with Gasteiger partial charge in [-0.2, -0.15) is 0 Å². The Hall–Kier alpha value is -1.05. The van der Waals surface area contributed by atoms with Gasteiger partial charge in [-0.1, -0.05) is 40.1 Å². The summed E-state index contributed by atoms with van der Waals surface area (Å²) in [5.74, 6) is -0.269. The summed E-state index contributed by atoms with van der Waals surface area (Å²) in [4.78, 5) is 2.24. The molecule has 1 aromatic heterocycles. The van der Waals surface area contributed by atoms with Crippen molar-refractivity contribution in [2.45, 2.75) is 50.7 Å². The molecule has 1 aliphatic heterocycles. The van der Waals surface area contributed by atoms with Gasteiger partial charge in [-0.25, -0.2) is 4.39 Å². The maximum Gasteiger partial charge on any atom is 0.208 e. The smallest absolute Gasteiger partial charge is 0.208 e. The van der Waals surface area contributed by atoms with Crippen molar-refractivity contribution in [1.29, 1.82) is 0 Å². The summed E-state index contributed by atoms with van der Waals surface area (Å²) in [5.41, 5.74) is 0.498. The van der Waals surface area contributed by atoms with Crippen LogP contribution in [-0.4, -0.2) is 35.5 Å². The summed E-state index contributed by atoms with van der Waals surface area (Å²) in [7, 11) is 0. The number of anilines is 1. The Kier molecular flexibility index (Phi) is 5.33. The highest BCUT2D eigenvalue weighted by Crippen LogP contribution is 2.33. The van der Waals surface area contributed by atoms with Crippen LogP contribution in [0.3, 0.4) is 0 Å². The Bertz CT molecular complexity index is 727. The standard InChI is InChI=1S/C18H21BrFN3OS/c19-12-5-6-16(20)15(11-12)17-21-22-18(25-17)23-9-7-14(8-10-23)24-13-3-1-2-4-13/h5-6,11,13-14H,1-4,7-10H2. The molecule has 0 unspecified atom stereocenters. The fourth-order valence-electron chi connectivity index (χ4n) is 3.59. The zero-order valence-corrected chi connectivity index (χ0v) is 16.4. The molecule has 2 heterocycles. The number of piperidine rings is 1. The third kappa shape index (κ3) is 4.04. The van der Waals surface area contributed by atoms with Gasteiger partial charge in [0.05, 0.1) is 12.2 Å². The van der Waals surface area contributed by atoms with E-state index in [1.165, 1.54) is 43.1 Å². The number of ether oxygens (including phenoxy) is 1. The number of hydrogen-bond acceptors (Lipinski definition) is 5. The lowest BCUT2D eigenvalue weighted by Gasteiger charge is -2.32. The van der Waals surface area contributed by atoms with Crippen molar-refractivity contribution in [3.63, 3.8) is 0 Å². The fraction of sp³-hybridized carbons (Fsp3) is 0.556. The molecule has 4 nitrogen and oxygen atoms in total. The molecule has 0 N–H and O–H groups in total. The summed E-state index contributed by atoms with van der Waals surface area (Å²) in [5, 5.41) is 9.98. The van der Waals surface area contributed by atoms with Crippen molar-refractivity contribution < 1.29 is 9.13 Å². The normalized spacial score (nSPS) is 19.7. The number of benzene rings is 1. The highest BCUT2D eigenvalue weighted by atomic mass is 79.9. The molecule has 1 saturated carbocycles. The van der Waals surface area contributed by atoms with Crippen LogP contribution < -0.4 is 4.90 Å². The monoisotopic (exact) mass is 425 g/mol. The van der Waals surface area contributed by atoms with Crippen LogP contribution in [0.5, 0.6) is 0 Å². The van der Waals surface area contributed by atoms with Crippen LogP contribution in [0, 0.1) is 5.82 Å². The summed E-state index contributed by atoms with van der Waals surface area (Å²) >= 11 is 4.84. The molecular weight excluding hydrogens is 405 g/mol. The zero-order valence-electron chi connectivity index (χ0n) is 14.0. The highest BCUT2D eigenvalue weighted by Gasteiger charge is 2.26. The minimum absolute atomic E-state index is 0.269. The predicted molar refractivity (Wildman–Crippen MR) is 102 cm³/mol. The van der Waals surface area contributed by atoms with Crippen molar-refractivity contribution in [3.05, 3.63) is 28.5 Å². The second-order valence-corrected chi connectivity index (χ2v) is 8.61. The summed E-state index contributed by atoms with van der Waals surface area (Å²) in [6.45, 7) is 1.85. The number of rotatable bonds is 4. The first-order chi connectivity index (χ1) is 12.2. The molecule has 2 aliphatic rings. The fourth-order valence-corrected chi connectivity index (χ4v) is 4.87. The van der Waals surface area contributed by atoms with Crippen molar-refractivity contribution in [3.8, 4) is 10.6 Å². The van der Waals surface area contributed by atoms with Crippen LogP contribution in [0.15, 0.2) is 22.7 Å². The topological polar surface area (TPSA) is 38.2 Å². The van der Waals surface area contributed by atoms with Gasteiger partial charge in [-0.05, 0) is 43.9 Å². The van der Waals surface area contributed by atoms with E-state index in [1.54, 1.807) is 12.1 Å². The van der Waals surface area contributed by atoms with E-state index in [0.717, 1.165) is 35.5 Å². The molecule has 0 radical (unpaired) electrons. The van der Waals surface area contributed by atoms with E-state index in [0.29, 0.717) is 22.8 Å². The zero-order chi connectivity index (χ0) is 17.2. The molecule has 2 aromatic rings. The lowest BCUT2D eigenvalue weighted by Crippen LogP contribution is -2.38. The van der Waals surface area contributed by atoms with Gasteiger partial charge in [0.2, 0.25) is 5.13 Å². The van der Waals surface area contributed by atoms with Crippen molar-refractivity contribution in [2.24, 2.45) is 0 Å². The van der Waals surface area contributed by atoms with Gasteiger partial charge in [0.25, 0.3) is 0 Å². The number of nitrogens with zero attached hydrogens (tertiary/aromatic N) is 3. The van der Waals surface area contributed by atoms with Gasteiger partial charge >= 0.3 is 0 Å². The molecule has 7 heteroatoms. The third-order valence-electron chi connectivity index (χ3n) is 4.97. The van der Waals surface area contributed by atoms with Gasteiger partial charge in [0.1, 0.15) is 5.82 Å². The molecule has 0 bridgehead atoms. The highest BCUT2D eigenvalue weighted by molar-refractivity contribution is 9.10. The SMILES string of the molecule is Fc1ccc(Br)cc1-c1nnc(N2CCC(OC3CCCC3)CC2)s1. The minimum atomic E-state index is -0.269. The van der Waals surface area contributed by atoms with E-state index in [4.69, 9.17) is 4.74 Å². The second-order valence-electron chi connectivity index (χ2n) is 6.74. The van der Waals surface area contributed by atoms with Crippen molar-refractivity contribution in [2.75, 3.05) is 18.0 Å². The van der Waals surface area contributed by atoms with Crippen molar-refractivity contribution in [1.82, 2.24) is 10.2 Å². The van der Waals surface area contributed by atoms with Gasteiger partial charge in [0.15, 0.2) is 5.01 Å². The first-order valence-corrected chi connectivity index (χ1v) is 10.5. The summed E-state index contributed by atoms with van der Waals surface area (Å²) in [6, 6.07) is 4.89. The van der Waals surface area contributed by atoms with Gasteiger partial charge in [-0.15, -0.1) is 10.2 Å². The van der Waals surface area contributed by atoms with E-state index in [9.17, 15) is 4.39 Å². The molecule has 1 saturated heterocycles. The Balaban J connectivity index is 1.39. The van der Waals surface area contributed by atoms with Crippen LogP contribution in [0.2, 0.25) is 0 Å². The van der Waals surface area contributed by atoms with E-state index in [2.05, 4.69) is 31.0 Å². The number of hydrogen-bond donors (Lipinski definition) is 0. The molecule has 0 amide bonds. The summed E-state index contributed by atoms with van der Waals surface area (Å²) < 4.78 is 21.1. The Morgan fingerprint density at radius 1 is 1.08 bits per heavy atom. The number of halogens is 2. The number of aromatic nitrogens is 2. The molecule has 1 aromatic carbocycles. The van der Waals surface area contributed by atoms with Crippen LogP contribution in [0.4, 0.5) is 9.52 Å². The second kappa shape index (κ2) is 7.68. The van der Waals surface area contributed by atoms with Gasteiger partial charge < -0.3 is 9.64 Å². The van der Waals surface area contributed by atoms with Crippen LogP contribution in [-0.2, 0) is 4.74 Å². The molecule has 2 fully saturated rings. The van der Waals surface area contributed by atoms with E-state index < -0.39 is 0 Å². The average Bonchev–Trinajstić information content (AvgIpc) is 3.30. The lowest BCUT2D eigenvalue weighted by atomic mass is 10.1. The third-order valence-corrected chi connectivity index (χ3v) is 6.48. The predicted octanol–water partition coefficient (Wildman–Crippen LogP) is 5.03. The molecule has 134 valence electrons. The Labute approximate surface area is 159 Å². The molecule has 0 spiro atoms. The van der Waals surface area contributed by atoms with Crippen LogP contribution in [0.1, 0.15) is 38.5 Å². The maximum absolute atomic E-state index is 14.0. The molecule has 4 rings (SSSR count). The minimum Gasteiger partial charge on any atom is -0.375 e. The molecular formula is C18H21BrFN3OS. The first kappa shape index (κ1) is 17.4. The first-order valence-electron chi connectivity index (χ1n) is 8.88.